The molecule has 0 aliphatic carbocycles. The Balaban J connectivity index is 1.70. The second kappa shape index (κ2) is 8.70. The molecule has 1 amide bonds. The van der Waals surface area contributed by atoms with Gasteiger partial charge in [0.15, 0.2) is 14.6 Å². The van der Waals surface area contributed by atoms with Crippen LogP contribution in [0.1, 0.15) is 19.8 Å². The van der Waals surface area contributed by atoms with E-state index in [1.807, 2.05) is 36.7 Å². The number of benzene rings is 2. The van der Waals surface area contributed by atoms with Gasteiger partial charge in [0.2, 0.25) is 5.91 Å². The maximum absolute atomic E-state index is 12.3. The van der Waals surface area contributed by atoms with Gasteiger partial charge in [-0.1, -0.05) is 29.5 Å². The fourth-order valence-corrected chi connectivity index (χ4v) is 5.20. The number of hydrogen-bond acceptors (Lipinski definition) is 5. The molecular formula is C20H22N2O4S2. The zero-order chi connectivity index (χ0) is 20.1. The molecule has 1 heterocycles. The summed E-state index contributed by atoms with van der Waals surface area (Å²) in [6.07, 6.45) is 0.327. The van der Waals surface area contributed by atoms with Crippen molar-refractivity contribution in [3.63, 3.8) is 0 Å². The van der Waals surface area contributed by atoms with Gasteiger partial charge in [-0.15, -0.1) is 0 Å². The highest BCUT2D eigenvalue weighted by Crippen LogP contribution is 2.22. The van der Waals surface area contributed by atoms with Crippen molar-refractivity contribution in [1.82, 2.24) is 4.57 Å². The highest BCUT2D eigenvalue weighted by atomic mass is 32.2. The van der Waals surface area contributed by atoms with Gasteiger partial charge >= 0.3 is 0 Å². The molecule has 28 heavy (non-hydrogen) atoms. The number of rotatable bonds is 7. The molecule has 0 fully saturated rings. The summed E-state index contributed by atoms with van der Waals surface area (Å²) < 4.78 is 32.9. The summed E-state index contributed by atoms with van der Waals surface area (Å²) in [7, 11) is -1.53. The van der Waals surface area contributed by atoms with Crippen LogP contribution in [0.2, 0.25) is 0 Å². The van der Waals surface area contributed by atoms with Gasteiger partial charge in [-0.05, 0) is 43.7 Å². The number of aryl methyl sites for hydroxylation is 1. The second-order valence-electron chi connectivity index (χ2n) is 6.25. The Morgan fingerprint density at radius 1 is 1.18 bits per heavy atom. The lowest BCUT2D eigenvalue weighted by Gasteiger charge is -2.03. The standard InChI is InChI=1S/C20H22N2O4S2/c1-3-26-15-11-12-17-18(14-15)27-20(22(17)2)21-19(23)10-7-13-28(24,25)16-8-5-4-6-9-16/h4-6,8-9,11-12,14H,3,7,10,13H2,1-2H3. The van der Waals surface area contributed by atoms with Crippen LogP contribution >= 0.6 is 11.3 Å². The van der Waals surface area contributed by atoms with Crippen LogP contribution < -0.4 is 9.54 Å². The third-order valence-corrected chi connectivity index (χ3v) is 7.13. The number of ether oxygens (including phenoxy) is 1. The summed E-state index contributed by atoms with van der Waals surface area (Å²) in [5, 5.41) is 0. The molecule has 0 N–H and O–H groups in total. The molecule has 0 unspecified atom stereocenters. The van der Waals surface area contributed by atoms with Crippen LogP contribution in [0.25, 0.3) is 10.2 Å². The number of amides is 1. The van der Waals surface area contributed by atoms with Crippen molar-refractivity contribution in [3.8, 4) is 5.75 Å². The summed E-state index contributed by atoms with van der Waals surface area (Å²) in [6.45, 7) is 2.51. The SMILES string of the molecule is CCOc1ccc2c(c1)sc(=NC(=O)CCCS(=O)(=O)c1ccccc1)n2C. The molecule has 3 aromatic rings. The molecule has 6 nitrogen and oxygen atoms in total. The van der Waals surface area contributed by atoms with Gasteiger partial charge in [0.05, 0.1) is 27.5 Å². The molecule has 0 atom stereocenters. The van der Waals surface area contributed by atoms with E-state index >= 15 is 0 Å². The smallest absolute Gasteiger partial charge is 0.248 e. The summed E-state index contributed by atoms with van der Waals surface area (Å²) in [4.78, 5) is 17.3. The van der Waals surface area contributed by atoms with Crippen molar-refractivity contribution >= 4 is 37.3 Å². The van der Waals surface area contributed by atoms with Crippen LogP contribution in [0.3, 0.4) is 0 Å². The Kier molecular flexibility index (Phi) is 6.31. The van der Waals surface area contributed by atoms with E-state index < -0.39 is 9.84 Å². The highest BCUT2D eigenvalue weighted by molar-refractivity contribution is 7.91. The van der Waals surface area contributed by atoms with Crippen LogP contribution in [0.4, 0.5) is 0 Å². The van der Waals surface area contributed by atoms with Crippen molar-refractivity contribution in [2.45, 2.75) is 24.7 Å². The minimum Gasteiger partial charge on any atom is -0.494 e. The number of carbonyl (C=O) groups is 1. The van der Waals surface area contributed by atoms with Gasteiger partial charge in [0.25, 0.3) is 0 Å². The monoisotopic (exact) mass is 418 g/mol. The number of nitrogens with zero attached hydrogens (tertiary/aromatic N) is 2. The van der Waals surface area contributed by atoms with Crippen LogP contribution in [0.15, 0.2) is 58.4 Å². The third kappa shape index (κ3) is 4.69. The first kappa shape index (κ1) is 20.3. The number of thiazole rings is 1. The predicted molar refractivity (Wildman–Crippen MR) is 110 cm³/mol. The normalized spacial score (nSPS) is 12.4. The number of sulfone groups is 1. The Bertz CT molecular complexity index is 1150. The minimum atomic E-state index is -3.38. The molecule has 0 bridgehead atoms. The van der Waals surface area contributed by atoms with Crippen molar-refractivity contribution in [3.05, 3.63) is 53.3 Å². The fraction of sp³-hybridized carbons (Fsp3) is 0.300. The zero-order valence-corrected chi connectivity index (χ0v) is 17.4. The van der Waals surface area contributed by atoms with E-state index in [9.17, 15) is 13.2 Å². The first-order valence-corrected chi connectivity index (χ1v) is 11.5. The predicted octanol–water partition coefficient (Wildman–Crippen LogP) is 3.32. The molecule has 1 aromatic heterocycles. The number of carbonyl (C=O) groups excluding carboxylic acids is 1. The van der Waals surface area contributed by atoms with Crippen molar-refractivity contribution in [1.29, 1.82) is 0 Å². The van der Waals surface area contributed by atoms with Crippen molar-refractivity contribution in [2.75, 3.05) is 12.4 Å². The fourth-order valence-electron chi connectivity index (χ4n) is 2.80. The Morgan fingerprint density at radius 3 is 2.64 bits per heavy atom. The Hall–Kier alpha value is -2.45. The van der Waals surface area contributed by atoms with Gasteiger partial charge < -0.3 is 9.30 Å². The molecule has 3 rings (SSSR count). The average molecular weight is 419 g/mol. The molecule has 0 aliphatic heterocycles. The highest BCUT2D eigenvalue weighted by Gasteiger charge is 2.14. The van der Waals surface area contributed by atoms with E-state index in [2.05, 4.69) is 4.99 Å². The van der Waals surface area contributed by atoms with E-state index in [0.29, 0.717) is 11.4 Å². The first-order valence-electron chi connectivity index (χ1n) is 8.98. The lowest BCUT2D eigenvalue weighted by Crippen LogP contribution is -2.14. The molecule has 0 saturated carbocycles. The quantitative estimate of drug-likeness (QED) is 0.590. The average Bonchev–Trinajstić information content (AvgIpc) is 2.97. The van der Waals surface area contributed by atoms with Crippen LogP contribution in [0.5, 0.6) is 5.75 Å². The molecule has 8 heteroatoms. The van der Waals surface area contributed by atoms with Crippen molar-refractivity contribution < 1.29 is 17.9 Å². The number of aromatic nitrogens is 1. The third-order valence-electron chi connectivity index (χ3n) is 4.22. The lowest BCUT2D eigenvalue weighted by atomic mass is 10.3. The maximum Gasteiger partial charge on any atom is 0.248 e. The summed E-state index contributed by atoms with van der Waals surface area (Å²) in [5.41, 5.74) is 0.964. The van der Waals surface area contributed by atoms with Gasteiger partial charge in [-0.25, -0.2) is 8.42 Å². The van der Waals surface area contributed by atoms with E-state index in [1.165, 1.54) is 11.3 Å². The molecule has 0 radical (unpaired) electrons. The largest absolute Gasteiger partial charge is 0.494 e. The van der Waals surface area contributed by atoms with Gasteiger partial charge in [0.1, 0.15) is 5.75 Å². The van der Waals surface area contributed by atoms with Crippen LogP contribution in [-0.4, -0.2) is 31.3 Å². The number of fused-ring (bicyclic) bond motifs is 1. The Morgan fingerprint density at radius 2 is 1.93 bits per heavy atom. The summed E-state index contributed by atoms with van der Waals surface area (Å²) >= 11 is 1.41. The summed E-state index contributed by atoms with van der Waals surface area (Å²) in [6, 6.07) is 14.0. The van der Waals surface area contributed by atoms with Gasteiger partial charge in [-0.2, -0.15) is 4.99 Å². The lowest BCUT2D eigenvalue weighted by molar-refractivity contribution is -0.118. The molecule has 0 saturated heterocycles. The maximum atomic E-state index is 12.3. The van der Waals surface area contributed by atoms with Crippen molar-refractivity contribution in [2.24, 2.45) is 12.0 Å². The van der Waals surface area contributed by atoms with Crippen LogP contribution in [-0.2, 0) is 21.7 Å². The molecule has 0 spiro atoms. The van der Waals surface area contributed by atoms with E-state index in [1.54, 1.807) is 30.3 Å². The molecule has 148 valence electrons. The Labute approximate surface area is 168 Å². The molecule has 0 aliphatic rings. The number of hydrogen-bond donors (Lipinski definition) is 0. The van der Waals surface area contributed by atoms with E-state index in [0.717, 1.165) is 16.0 Å². The van der Waals surface area contributed by atoms with E-state index in [4.69, 9.17) is 4.74 Å². The first-order chi connectivity index (χ1) is 13.4. The van der Waals surface area contributed by atoms with E-state index in [-0.39, 0.29) is 29.4 Å². The second-order valence-corrected chi connectivity index (χ2v) is 9.37. The van der Waals surface area contributed by atoms with Crippen LogP contribution in [0, 0.1) is 0 Å². The minimum absolute atomic E-state index is 0.0749. The van der Waals surface area contributed by atoms with Gasteiger partial charge in [-0.3, -0.25) is 4.79 Å². The van der Waals surface area contributed by atoms with Gasteiger partial charge in [0, 0.05) is 13.5 Å². The molecule has 2 aromatic carbocycles. The zero-order valence-electron chi connectivity index (χ0n) is 15.8. The molecular weight excluding hydrogens is 396 g/mol. The summed E-state index contributed by atoms with van der Waals surface area (Å²) in [5.74, 6) is 0.380. The topological polar surface area (TPSA) is 77.7 Å².